The molecule has 0 radical (unpaired) electrons. The van der Waals surface area contributed by atoms with Crippen LogP contribution < -0.4 is 0 Å². The number of nitrogens with zero attached hydrogens (tertiary/aromatic N) is 1. The van der Waals surface area contributed by atoms with E-state index >= 15 is 0 Å². The number of hydrogen-bond donors (Lipinski definition) is 1. The van der Waals surface area contributed by atoms with E-state index in [0.717, 1.165) is 0 Å². The van der Waals surface area contributed by atoms with Crippen LogP contribution in [0.1, 0.15) is 13.8 Å². The van der Waals surface area contributed by atoms with Crippen molar-refractivity contribution in [1.82, 2.24) is 4.90 Å². The Hall–Kier alpha value is -0.610. The van der Waals surface area contributed by atoms with Crippen LogP contribution in [0.2, 0.25) is 0 Å². The van der Waals surface area contributed by atoms with Crippen molar-refractivity contribution in [3.05, 3.63) is 0 Å². The van der Waals surface area contributed by atoms with Crippen LogP contribution in [0.15, 0.2) is 0 Å². The van der Waals surface area contributed by atoms with Gasteiger partial charge in [-0.1, -0.05) is 0 Å². The van der Waals surface area contributed by atoms with Gasteiger partial charge in [0.15, 0.2) is 0 Å². The second kappa shape index (κ2) is 3.87. The Morgan fingerprint density at radius 1 is 1.50 bits per heavy atom. The summed E-state index contributed by atoms with van der Waals surface area (Å²) in [6, 6.07) is 0.426. The Bertz CT molecular complexity index is 162. The molecule has 70 valence electrons. The third-order valence-electron chi connectivity index (χ3n) is 2.17. The first-order valence-corrected chi connectivity index (χ1v) is 4.16. The fourth-order valence-corrected chi connectivity index (χ4v) is 1.50. The molecule has 0 amide bonds. The summed E-state index contributed by atoms with van der Waals surface area (Å²) in [4.78, 5) is 12.4. The fourth-order valence-electron chi connectivity index (χ4n) is 1.50. The predicted octanol–water partition coefficient (Wildman–Crippen LogP) is 0.180. The molecule has 0 aliphatic carbocycles. The molecule has 0 aromatic carbocycles. The summed E-state index contributed by atoms with van der Waals surface area (Å²) in [7, 11) is 0. The summed E-state index contributed by atoms with van der Waals surface area (Å²) in [6.45, 7) is 5.36. The van der Waals surface area contributed by atoms with Gasteiger partial charge in [0.2, 0.25) is 0 Å². The average Bonchev–Trinajstić information content (AvgIpc) is 1.97. The molecule has 2 atom stereocenters. The van der Waals surface area contributed by atoms with E-state index in [1.165, 1.54) is 0 Å². The predicted molar refractivity (Wildman–Crippen MR) is 44.1 cm³/mol. The smallest absolute Gasteiger partial charge is 0.317 e. The van der Waals surface area contributed by atoms with Crippen molar-refractivity contribution in [2.45, 2.75) is 25.9 Å². The number of carbonyl (C=O) groups is 1. The van der Waals surface area contributed by atoms with Crippen LogP contribution in [0.25, 0.3) is 0 Å². The molecule has 0 aromatic rings. The third kappa shape index (κ3) is 2.19. The third-order valence-corrected chi connectivity index (χ3v) is 2.17. The van der Waals surface area contributed by atoms with Crippen molar-refractivity contribution in [2.24, 2.45) is 0 Å². The zero-order chi connectivity index (χ0) is 9.14. The molecule has 1 aliphatic rings. The lowest BCUT2D eigenvalue weighted by Crippen LogP contribution is -2.51. The monoisotopic (exact) mass is 173 g/mol. The molecule has 0 spiro atoms. The number of rotatable bonds is 2. The largest absolute Gasteiger partial charge is 0.480 e. The Labute approximate surface area is 72.1 Å². The maximum atomic E-state index is 10.5. The van der Waals surface area contributed by atoms with Gasteiger partial charge >= 0.3 is 5.97 Å². The highest BCUT2D eigenvalue weighted by Crippen LogP contribution is 2.11. The van der Waals surface area contributed by atoms with Crippen LogP contribution >= 0.6 is 0 Å². The molecule has 4 nitrogen and oxygen atoms in total. The molecule has 2 unspecified atom stereocenters. The maximum absolute atomic E-state index is 10.5. The molecule has 4 heteroatoms. The quantitative estimate of drug-likeness (QED) is 0.647. The van der Waals surface area contributed by atoms with Crippen molar-refractivity contribution < 1.29 is 14.6 Å². The van der Waals surface area contributed by atoms with Gasteiger partial charge in [-0.05, 0) is 13.8 Å². The SMILES string of the molecule is CC1COCC(C)N1CC(=O)O. The second-order valence-electron chi connectivity index (χ2n) is 3.30. The van der Waals surface area contributed by atoms with E-state index in [0.29, 0.717) is 13.2 Å². The molecule has 1 aliphatic heterocycles. The molecule has 0 bridgehead atoms. The van der Waals surface area contributed by atoms with Gasteiger partial charge in [-0.15, -0.1) is 0 Å². The maximum Gasteiger partial charge on any atom is 0.317 e. The van der Waals surface area contributed by atoms with Crippen molar-refractivity contribution >= 4 is 5.97 Å². The summed E-state index contributed by atoms with van der Waals surface area (Å²) in [5.74, 6) is -0.768. The van der Waals surface area contributed by atoms with Gasteiger partial charge in [-0.3, -0.25) is 9.69 Å². The van der Waals surface area contributed by atoms with Crippen molar-refractivity contribution in [2.75, 3.05) is 19.8 Å². The van der Waals surface area contributed by atoms with Gasteiger partial charge in [0.1, 0.15) is 0 Å². The Kier molecular flexibility index (Phi) is 3.05. The van der Waals surface area contributed by atoms with Crippen LogP contribution in [0.4, 0.5) is 0 Å². The normalized spacial score (nSPS) is 31.8. The lowest BCUT2D eigenvalue weighted by Gasteiger charge is -2.37. The number of hydrogen-bond acceptors (Lipinski definition) is 3. The molecule has 1 heterocycles. The number of morpholine rings is 1. The van der Waals surface area contributed by atoms with E-state index in [1.807, 2.05) is 18.7 Å². The van der Waals surface area contributed by atoms with E-state index in [4.69, 9.17) is 9.84 Å². The van der Waals surface area contributed by atoms with Crippen LogP contribution in [0.5, 0.6) is 0 Å². The fraction of sp³-hybridized carbons (Fsp3) is 0.875. The van der Waals surface area contributed by atoms with Crippen LogP contribution in [-0.4, -0.2) is 47.8 Å². The van der Waals surface area contributed by atoms with Gasteiger partial charge < -0.3 is 9.84 Å². The van der Waals surface area contributed by atoms with Crippen molar-refractivity contribution in [1.29, 1.82) is 0 Å². The second-order valence-corrected chi connectivity index (χ2v) is 3.30. The van der Waals surface area contributed by atoms with Gasteiger partial charge in [0.05, 0.1) is 19.8 Å². The molecular weight excluding hydrogens is 158 g/mol. The lowest BCUT2D eigenvalue weighted by atomic mass is 10.2. The first-order chi connectivity index (χ1) is 5.61. The Morgan fingerprint density at radius 2 is 2.00 bits per heavy atom. The highest BCUT2D eigenvalue weighted by atomic mass is 16.5. The number of carboxylic acids is 1. The number of ether oxygens (including phenoxy) is 1. The number of carboxylic acid groups (broad SMARTS) is 1. The molecule has 1 N–H and O–H groups in total. The summed E-state index contributed by atoms with van der Waals surface area (Å²) in [6.07, 6.45) is 0. The highest BCUT2D eigenvalue weighted by molar-refractivity contribution is 5.69. The molecule has 0 saturated carbocycles. The average molecular weight is 173 g/mol. The van der Waals surface area contributed by atoms with Crippen LogP contribution in [0.3, 0.4) is 0 Å². The minimum atomic E-state index is -0.768. The summed E-state index contributed by atoms with van der Waals surface area (Å²) < 4.78 is 5.27. The summed E-state index contributed by atoms with van der Waals surface area (Å²) in [5, 5.41) is 8.62. The van der Waals surface area contributed by atoms with E-state index in [9.17, 15) is 4.79 Å². The van der Waals surface area contributed by atoms with Crippen molar-refractivity contribution in [3.63, 3.8) is 0 Å². The highest BCUT2D eigenvalue weighted by Gasteiger charge is 2.26. The minimum Gasteiger partial charge on any atom is -0.480 e. The Morgan fingerprint density at radius 3 is 2.42 bits per heavy atom. The first kappa shape index (κ1) is 9.48. The van der Waals surface area contributed by atoms with Crippen LogP contribution in [-0.2, 0) is 9.53 Å². The van der Waals surface area contributed by atoms with Crippen LogP contribution in [0, 0.1) is 0 Å². The van der Waals surface area contributed by atoms with E-state index in [1.54, 1.807) is 0 Å². The molecule has 1 saturated heterocycles. The van der Waals surface area contributed by atoms with Crippen molar-refractivity contribution in [3.8, 4) is 0 Å². The van der Waals surface area contributed by atoms with Gasteiger partial charge in [-0.25, -0.2) is 0 Å². The zero-order valence-corrected chi connectivity index (χ0v) is 7.49. The molecule has 12 heavy (non-hydrogen) atoms. The van der Waals surface area contributed by atoms with E-state index < -0.39 is 5.97 Å². The molecule has 1 rings (SSSR count). The first-order valence-electron chi connectivity index (χ1n) is 4.16. The molecule has 1 fully saturated rings. The minimum absolute atomic E-state index is 0.117. The zero-order valence-electron chi connectivity index (χ0n) is 7.49. The van der Waals surface area contributed by atoms with Gasteiger partial charge in [0.25, 0.3) is 0 Å². The standard InChI is InChI=1S/C8H15NO3/c1-6-4-12-5-7(2)9(6)3-8(10)11/h6-7H,3-5H2,1-2H3,(H,10,11). The van der Waals surface area contributed by atoms with Gasteiger partial charge in [0, 0.05) is 12.1 Å². The van der Waals surface area contributed by atoms with E-state index in [2.05, 4.69) is 0 Å². The molecular formula is C8H15NO3. The van der Waals surface area contributed by atoms with E-state index in [-0.39, 0.29) is 18.6 Å². The lowest BCUT2D eigenvalue weighted by molar-refractivity contribution is -0.142. The summed E-state index contributed by atoms with van der Waals surface area (Å²) >= 11 is 0. The topological polar surface area (TPSA) is 49.8 Å². The summed E-state index contributed by atoms with van der Waals surface area (Å²) in [5.41, 5.74) is 0. The Balaban J connectivity index is 2.50. The number of aliphatic carboxylic acids is 1. The molecule has 0 aromatic heterocycles. The van der Waals surface area contributed by atoms with Gasteiger partial charge in [-0.2, -0.15) is 0 Å².